The van der Waals surface area contributed by atoms with E-state index in [1.54, 1.807) is 6.07 Å². The number of amides is 1. The molecule has 1 aliphatic carbocycles. The summed E-state index contributed by atoms with van der Waals surface area (Å²) in [4.78, 5) is 22.5. The minimum atomic E-state index is -0.668. The van der Waals surface area contributed by atoms with Gasteiger partial charge in [-0.05, 0) is 88.1 Å². The zero-order chi connectivity index (χ0) is 34.3. The van der Waals surface area contributed by atoms with Crippen LogP contribution < -0.4 is 26.4 Å². The summed E-state index contributed by atoms with van der Waals surface area (Å²) in [6.07, 6.45) is 9.69. The van der Waals surface area contributed by atoms with Crippen molar-refractivity contribution in [1.82, 2.24) is 20.2 Å². The number of thiophene rings is 1. The molecule has 0 spiro atoms. The zero-order valence-electron chi connectivity index (χ0n) is 27.1. The van der Waals surface area contributed by atoms with Gasteiger partial charge in [0.2, 0.25) is 6.41 Å². The number of ether oxygens (including phenoxy) is 1. The first-order valence-electron chi connectivity index (χ1n) is 16.9. The van der Waals surface area contributed by atoms with E-state index in [0.717, 1.165) is 88.0 Å². The van der Waals surface area contributed by atoms with Gasteiger partial charge in [0.1, 0.15) is 34.8 Å². The Hall–Kier alpha value is -3.83. The number of nitrogens with one attached hydrogen (secondary N) is 1. The van der Waals surface area contributed by atoms with Crippen LogP contribution in [0.4, 0.5) is 19.6 Å². The number of halogens is 3. The van der Waals surface area contributed by atoms with Crippen LogP contribution in [0.15, 0.2) is 18.2 Å². The van der Waals surface area contributed by atoms with Crippen molar-refractivity contribution >= 4 is 61.2 Å². The number of primary amides is 1. The molecule has 1 amide bonds. The van der Waals surface area contributed by atoms with E-state index in [1.807, 2.05) is 6.07 Å². The van der Waals surface area contributed by atoms with Gasteiger partial charge in [-0.3, -0.25) is 9.69 Å². The lowest BCUT2D eigenvalue weighted by atomic mass is 9.95. The number of nitriles is 1. The second-order valence-corrected chi connectivity index (χ2v) is 14.9. The van der Waals surface area contributed by atoms with Gasteiger partial charge in [-0.15, -0.1) is 11.3 Å². The summed E-state index contributed by atoms with van der Waals surface area (Å²) in [5, 5.41) is 14.1. The number of carbonyl (C=O) groups is 1. The van der Waals surface area contributed by atoms with Crippen molar-refractivity contribution in [2.45, 2.75) is 62.9 Å². The topological polar surface area (TPSA) is 156 Å². The molecule has 5 fully saturated rings. The smallest absolute Gasteiger partial charge is 0.319 e. The average molecular weight is 709 g/mol. The molecule has 258 valence electrons. The van der Waals surface area contributed by atoms with Crippen LogP contribution in [0.2, 0.25) is 5.02 Å². The fourth-order valence-electron chi connectivity index (χ4n) is 7.71. The van der Waals surface area contributed by atoms with Crippen LogP contribution in [0.5, 0.6) is 6.01 Å². The normalized spacial score (nSPS) is 20.7. The summed E-state index contributed by atoms with van der Waals surface area (Å²) in [5.41, 5.74) is 10.7. The van der Waals surface area contributed by atoms with E-state index in [-0.39, 0.29) is 54.7 Å². The number of hydrogen-bond donors (Lipinski definition) is 3. The van der Waals surface area contributed by atoms with Gasteiger partial charge >= 0.3 is 6.01 Å². The van der Waals surface area contributed by atoms with Gasteiger partial charge in [0.15, 0.2) is 5.82 Å². The SMILES string of the molecule is C1CC1C1CN1.N#Cc1c(N)sc2c(F)ccc(-c3c(Cl)cc4c(N5CCCC5)nc(OCC56CCCN5CCC6)nc4c3F)c12.NC=O. The molecular formula is C35H39ClF2N8O2S. The maximum Gasteiger partial charge on any atom is 0.319 e. The Bertz CT molecular complexity index is 1920. The number of benzene rings is 2. The second-order valence-electron chi connectivity index (χ2n) is 13.4. The van der Waals surface area contributed by atoms with Crippen LogP contribution in [0, 0.1) is 28.9 Å². The molecule has 10 nitrogen and oxygen atoms in total. The highest BCUT2D eigenvalue weighted by Crippen LogP contribution is 2.46. The predicted octanol–water partition coefficient (Wildman–Crippen LogP) is 5.97. The van der Waals surface area contributed by atoms with Gasteiger partial charge in [0.05, 0.1) is 20.8 Å². The fraction of sp³-hybridized carbons (Fsp3) is 0.486. The molecule has 9 rings (SSSR count). The Balaban J connectivity index is 0.000000366. The van der Waals surface area contributed by atoms with Crippen LogP contribution >= 0.6 is 22.9 Å². The van der Waals surface area contributed by atoms with Crippen molar-refractivity contribution in [3.8, 4) is 23.2 Å². The lowest BCUT2D eigenvalue weighted by molar-refractivity contribution is -0.106. The summed E-state index contributed by atoms with van der Waals surface area (Å²) in [6.45, 7) is 5.50. The predicted molar refractivity (Wildman–Crippen MR) is 189 cm³/mol. The van der Waals surface area contributed by atoms with E-state index in [4.69, 9.17) is 31.8 Å². The Morgan fingerprint density at radius 2 is 1.84 bits per heavy atom. The third-order valence-corrected chi connectivity index (χ3v) is 11.7. The van der Waals surface area contributed by atoms with E-state index >= 15 is 4.39 Å². The van der Waals surface area contributed by atoms with Crippen molar-refractivity contribution < 1.29 is 18.3 Å². The number of aromatic nitrogens is 2. The van der Waals surface area contributed by atoms with E-state index in [9.17, 15) is 9.65 Å². The quantitative estimate of drug-likeness (QED) is 0.162. The number of rotatable bonds is 6. The van der Waals surface area contributed by atoms with Gasteiger partial charge < -0.3 is 26.4 Å². The first kappa shape index (κ1) is 33.7. The minimum Gasteiger partial charge on any atom is -0.461 e. The molecule has 0 radical (unpaired) electrons. The van der Waals surface area contributed by atoms with Gasteiger partial charge in [-0.1, -0.05) is 17.7 Å². The molecule has 4 saturated heterocycles. The largest absolute Gasteiger partial charge is 0.461 e. The highest BCUT2D eigenvalue weighted by atomic mass is 35.5. The lowest BCUT2D eigenvalue weighted by Gasteiger charge is -2.31. The van der Waals surface area contributed by atoms with Gasteiger partial charge in [0.25, 0.3) is 0 Å². The standard InChI is InChI=1S/C29H27ClF2N6OS.C5H9N.CH3NO/c30-19-13-17-24(23(32)22(19)16-5-6-20(31)25-21(16)18(14-33)26(34)40-25)35-28(36-27(17)37-9-1-2-10-37)39-15-29-7-3-11-38(29)12-4-8-29;1-2-4(1)5-3-6-5;2-1-3/h5-6,13H,1-4,7-12,15,34H2;4-6H,1-3H2;1H,(H2,2,3). The highest BCUT2D eigenvalue weighted by Gasteiger charge is 2.45. The third kappa shape index (κ3) is 6.47. The molecule has 6 heterocycles. The molecule has 2 aromatic heterocycles. The number of anilines is 2. The Kier molecular flexibility index (Phi) is 9.49. The third-order valence-electron chi connectivity index (χ3n) is 10.4. The number of nitrogens with zero attached hydrogens (tertiary/aromatic N) is 5. The molecule has 0 bridgehead atoms. The van der Waals surface area contributed by atoms with Crippen molar-refractivity contribution in [2.75, 3.05) is 50.0 Å². The fourth-order valence-corrected chi connectivity index (χ4v) is 8.95. The minimum absolute atomic E-state index is 0.0118. The zero-order valence-corrected chi connectivity index (χ0v) is 28.7. The summed E-state index contributed by atoms with van der Waals surface area (Å²) < 4.78 is 37.8. The molecule has 1 saturated carbocycles. The maximum atomic E-state index is 16.6. The van der Waals surface area contributed by atoms with Crippen LogP contribution in [-0.4, -0.2) is 72.2 Å². The molecular weight excluding hydrogens is 670 g/mol. The lowest BCUT2D eigenvalue weighted by Crippen LogP contribution is -2.43. The van der Waals surface area contributed by atoms with E-state index in [2.05, 4.69) is 25.8 Å². The van der Waals surface area contributed by atoms with Crippen molar-refractivity contribution in [3.63, 3.8) is 0 Å². The van der Waals surface area contributed by atoms with E-state index < -0.39 is 11.6 Å². The molecule has 49 heavy (non-hydrogen) atoms. The molecule has 2 aromatic carbocycles. The van der Waals surface area contributed by atoms with Gasteiger partial charge in [-0.2, -0.15) is 15.2 Å². The Morgan fingerprint density at radius 1 is 1.14 bits per heavy atom. The molecule has 5 N–H and O–H groups in total. The van der Waals surface area contributed by atoms with E-state index in [1.165, 1.54) is 31.5 Å². The summed E-state index contributed by atoms with van der Waals surface area (Å²) >= 11 is 7.72. The second kappa shape index (κ2) is 13.8. The Morgan fingerprint density at radius 3 is 2.45 bits per heavy atom. The number of fused-ring (bicyclic) bond motifs is 3. The molecule has 1 unspecified atom stereocenters. The first-order chi connectivity index (χ1) is 23.8. The molecule has 1 atom stereocenters. The summed E-state index contributed by atoms with van der Waals surface area (Å²) in [6, 6.07) is 7.49. The van der Waals surface area contributed by atoms with Crippen LogP contribution in [-0.2, 0) is 4.79 Å². The number of nitrogen functional groups attached to an aromatic ring is 1. The number of carbonyl (C=O) groups excluding carboxylic acids is 1. The summed E-state index contributed by atoms with van der Waals surface area (Å²) in [7, 11) is 0. The van der Waals surface area contributed by atoms with Crippen LogP contribution in [0.25, 0.3) is 32.1 Å². The molecule has 14 heteroatoms. The molecule has 4 aliphatic heterocycles. The van der Waals surface area contributed by atoms with Gasteiger partial charge in [0, 0.05) is 42.0 Å². The number of nitrogens with two attached hydrogens (primary N) is 2. The van der Waals surface area contributed by atoms with Crippen molar-refractivity contribution in [2.24, 2.45) is 11.7 Å². The first-order valence-corrected chi connectivity index (χ1v) is 18.1. The average Bonchev–Trinajstić information content (AvgIpc) is 3.92. The van der Waals surface area contributed by atoms with Crippen LogP contribution in [0.3, 0.4) is 0 Å². The van der Waals surface area contributed by atoms with Crippen molar-refractivity contribution in [3.05, 3.63) is 40.4 Å². The monoisotopic (exact) mass is 708 g/mol. The van der Waals surface area contributed by atoms with Gasteiger partial charge in [-0.25, -0.2) is 8.78 Å². The molecule has 4 aromatic rings. The van der Waals surface area contributed by atoms with Crippen LogP contribution in [0.1, 0.15) is 56.9 Å². The summed E-state index contributed by atoms with van der Waals surface area (Å²) in [5.74, 6) is 0.498. The number of hydrogen-bond acceptors (Lipinski definition) is 10. The Labute approximate surface area is 292 Å². The maximum absolute atomic E-state index is 16.6. The molecule has 5 aliphatic rings. The highest BCUT2D eigenvalue weighted by molar-refractivity contribution is 7.23. The van der Waals surface area contributed by atoms with E-state index in [0.29, 0.717) is 23.4 Å². The van der Waals surface area contributed by atoms with Crippen molar-refractivity contribution in [1.29, 1.82) is 5.26 Å².